The maximum Gasteiger partial charge on any atom is 0.257 e. The normalized spacial score (nSPS) is 19.6. The van der Waals surface area contributed by atoms with Crippen molar-refractivity contribution in [1.82, 2.24) is 14.9 Å². The summed E-state index contributed by atoms with van der Waals surface area (Å²) in [6.07, 6.45) is 6.09. The van der Waals surface area contributed by atoms with E-state index in [1.165, 1.54) is 11.3 Å². The van der Waals surface area contributed by atoms with Gasteiger partial charge in [-0.25, -0.2) is 0 Å². The largest absolute Gasteiger partial charge is 0.369 e. The Labute approximate surface area is 175 Å². The van der Waals surface area contributed by atoms with E-state index in [9.17, 15) is 4.79 Å². The van der Waals surface area contributed by atoms with Crippen molar-refractivity contribution in [1.29, 1.82) is 5.26 Å². The molecular formula is C24H23N5O. The van der Waals surface area contributed by atoms with Crippen molar-refractivity contribution in [2.75, 3.05) is 31.1 Å². The molecule has 2 aromatic heterocycles. The molecule has 1 aliphatic carbocycles. The van der Waals surface area contributed by atoms with Gasteiger partial charge in [-0.3, -0.25) is 14.7 Å². The zero-order chi connectivity index (χ0) is 20.5. The van der Waals surface area contributed by atoms with Gasteiger partial charge in [0.2, 0.25) is 0 Å². The summed E-state index contributed by atoms with van der Waals surface area (Å²) in [5.41, 5.74) is 4.65. The number of nitrogens with zero attached hydrogens (tertiary/aromatic N) is 4. The molecule has 30 heavy (non-hydrogen) atoms. The van der Waals surface area contributed by atoms with Crippen molar-refractivity contribution in [3.8, 4) is 6.07 Å². The summed E-state index contributed by atoms with van der Waals surface area (Å²) in [5.74, 6) is 0. The second kappa shape index (κ2) is 7.77. The van der Waals surface area contributed by atoms with Crippen LogP contribution in [-0.2, 0) is 0 Å². The number of anilines is 1. The highest BCUT2D eigenvalue weighted by atomic mass is 16.1. The van der Waals surface area contributed by atoms with E-state index in [1.54, 1.807) is 12.3 Å². The van der Waals surface area contributed by atoms with E-state index >= 15 is 0 Å². The molecule has 3 heterocycles. The van der Waals surface area contributed by atoms with Gasteiger partial charge in [0, 0.05) is 49.8 Å². The number of nitrogens with one attached hydrogen (secondary N) is 1. The maximum atomic E-state index is 12.4. The minimum absolute atomic E-state index is 0.0732. The molecule has 0 unspecified atom stereocenters. The first-order valence-corrected chi connectivity index (χ1v) is 10.4. The first-order valence-electron chi connectivity index (χ1n) is 10.4. The fourth-order valence-electron chi connectivity index (χ4n) is 4.53. The first-order chi connectivity index (χ1) is 14.7. The second-order valence-corrected chi connectivity index (χ2v) is 7.93. The Balaban J connectivity index is 1.28. The number of nitriles is 1. The molecule has 1 aromatic carbocycles. The van der Waals surface area contributed by atoms with Gasteiger partial charge in [-0.15, -0.1) is 0 Å². The van der Waals surface area contributed by atoms with Crippen LogP contribution >= 0.6 is 0 Å². The molecule has 2 aliphatic rings. The number of rotatable bonds is 3. The van der Waals surface area contributed by atoms with Gasteiger partial charge >= 0.3 is 0 Å². The minimum Gasteiger partial charge on any atom is -0.369 e. The lowest BCUT2D eigenvalue weighted by atomic mass is 10.1. The van der Waals surface area contributed by atoms with Crippen molar-refractivity contribution in [2.24, 2.45) is 0 Å². The van der Waals surface area contributed by atoms with Gasteiger partial charge in [0.15, 0.2) is 0 Å². The quantitative estimate of drug-likeness (QED) is 0.735. The lowest BCUT2D eigenvalue weighted by Crippen LogP contribution is -2.49. The molecule has 1 saturated heterocycles. The number of benzene rings is 1. The van der Waals surface area contributed by atoms with Crippen molar-refractivity contribution in [3.63, 3.8) is 0 Å². The fourth-order valence-corrected chi connectivity index (χ4v) is 4.53. The van der Waals surface area contributed by atoms with Gasteiger partial charge in [-0.05, 0) is 60.9 Å². The topological polar surface area (TPSA) is 76.0 Å². The average molecular weight is 397 g/mol. The van der Waals surface area contributed by atoms with Crippen LogP contribution in [0.4, 0.5) is 5.69 Å². The van der Waals surface area contributed by atoms with Crippen LogP contribution in [-0.4, -0.2) is 47.1 Å². The Kier molecular flexibility index (Phi) is 4.82. The molecular weight excluding hydrogens is 374 g/mol. The van der Waals surface area contributed by atoms with E-state index in [2.05, 4.69) is 31.9 Å². The summed E-state index contributed by atoms with van der Waals surface area (Å²) in [4.78, 5) is 24.7. The van der Waals surface area contributed by atoms with Crippen molar-refractivity contribution in [2.45, 2.75) is 18.9 Å². The summed E-state index contributed by atoms with van der Waals surface area (Å²) in [6.45, 7) is 3.96. The average Bonchev–Trinajstić information content (AvgIpc) is 3.30. The van der Waals surface area contributed by atoms with Crippen LogP contribution in [0.1, 0.15) is 24.1 Å². The molecule has 6 nitrogen and oxygen atoms in total. The molecule has 0 radical (unpaired) electrons. The van der Waals surface area contributed by atoms with Gasteiger partial charge < -0.3 is 9.88 Å². The summed E-state index contributed by atoms with van der Waals surface area (Å²) in [5, 5.41) is 9.60. The zero-order valence-electron chi connectivity index (χ0n) is 16.7. The monoisotopic (exact) mass is 397 g/mol. The predicted octanol–water partition coefficient (Wildman–Crippen LogP) is 3.16. The molecule has 1 fully saturated rings. The summed E-state index contributed by atoms with van der Waals surface area (Å²) in [6, 6.07) is 16.0. The molecule has 5 rings (SSSR count). The SMILES string of the molecule is N#Cc1ccc(N2CCN([C@H]3C=C(c4cc5ncccc5c(=O)[nH]4)CC3)CC2)cc1. The van der Waals surface area contributed by atoms with E-state index < -0.39 is 0 Å². The Morgan fingerprint density at radius 1 is 1.10 bits per heavy atom. The fraction of sp³-hybridized carbons (Fsp3) is 0.292. The Morgan fingerprint density at radius 2 is 1.90 bits per heavy atom. The van der Waals surface area contributed by atoms with E-state index in [4.69, 9.17) is 5.26 Å². The van der Waals surface area contributed by atoms with Crippen LogP contribution in [0.15, 0.2) is 59.5 Å². The third-order valence-corrected chi connectivity index (χ3v) is 6.21. The number of hydrogen-bond acceptors (Lipinski definition) is 5. The Hall–Kier alpha value is -3.43. The van der Waals surface area contributed by atoms with Crippen LogP contribution in [0.3, 0.4) is 0 Å². The third kappa shape index (κ3) is 3.49. The van der Waals surface area contributed by atoms with Crippen molar-refractivity contribution < 1.29 is 0 Å². The number of piperazine rings is 1. The van der Waals surface area contributed by atoms with Crippen molar-refractivity contribution in [3.05, 3.63) is 76.3 Å². The van der Waals surface area contributed by atoms with Crippen molar-refractivity contribution >= 4 is 22.2 Å². The number of H-pyrrole nitrogens is 1. The number of aromatic nitrogens is 2. The molecule has 0 saturated carbocycles. The van der Waals surface area contributed by atoms with E-state index in [1.807, 2.05) is 36.4 Å². The number of fused-ring (bicyclic) bond motifs is 1. The standard InChI is InChI=1S/C24H23N5O/c25-16-17-3-6-19(7-4-17)28-10-12-29(13-11-28)20-8-5-18(14-20)22-15-23-21(24(30)27-22)2-1-9-26-23/h1-4,6-7,9,14-15,20H,5,8,10-13H2,(H,27,30)/t20-/m1/s1. The molecule has 0 amide bonds. The van der Waals surface area contributed by atoms with Crippen LogP contribution in [0.5, 0.6) is 0 Å². The number of aromatic amines is 1. The third-order valence-electron chi connectivity index (χ3n) is 6.21. The van der Waals surface area contributed by atoms with Crippen LogP contribution in [0, 0.1) is 11.3 Å². The van der Waals surface area contributed by atoms with Gasteiger partial charge in [-0.2, -0.15) is 5.26 Å². The predicted molar refractivity (Wildman–Crippen MR) is 118 cm³/mol. The minimum atomic E-state index is -0.0732. The van der Waals surface area contributed by atoms with E-state index in [0.717, 1.165) is 50.2 Å². The van der Waals surface area contributed by atoms with Crippen LogP contribution in [0.25, 0.3) is 16.5 Å². The molecule has 1 aliphatic heterocycles. The van der Waals surface area contributed by atoms with E-state index in [-0.39, 0.29) is 5.56 Å². The van der Waals surface area contributed by atoms with Gasteiger partial charge in [0.1, 0.15) is 0 Å². The molecule has 1 N–H and O–H groups in total. The van der Waals surface area contributed by atoms with Crippen LogP contribution < -0.4 is 10.5 Å². The smallest absolute Gasteiger partial charge is 0.257 e. The molecule has 0 spiro atoms. The summed E-state index contributed by atoms with van der Waals surface area (Å²) >= 11 is 0. The number of hydrogen-bond donors (Lipinski definition) is 1. The highest BCUT2D eigenvalue weighted by molar-refractivity contribution is 5.81. The number of allylic oxidation sites excluding steroid dienone is 1. The second-order valence-electron chi connectivity index (χ2n) is 7.93. The number of pyridine rings is 2. The molecule has 0 bridgehead atoms. The lowest BCUT2D eigenvalue weighted by Gasteiger charge is -2.38. The highest BCUT2D eigenvalue weighted by Crippen LogP contribution is 2.31. The van der Waals surface area contributed by atoms with Crippen LogP contribution in [0.2, 0.25) is 0 Å². The Morgan fingerprint density at radius 3 is 2.67 bits per heavy atom. The first kappa shape index (κ1) is 18.6. The Bertz CT molecular complexity index is 1200. The maximum absolute atomic E-state index is 12.4. The highest BCUT2D eigenvalue weighted by Gasteiger charge is 2.27. The lowest BCUT2D eigenvalue weighted by molar-refractivity contribution is 0.214. The van der Waals surface area contributed by atoms with Gasteiger partial charge in [0.05, 0.1) is 22.5 Å². The summed E-state index contributed by atoms with van der Waals surface area (Å²) in [7, 11) is 0. The van der Waals surface area contributed by atoms with Gasteiger partial charge in [0.25, 0.3) is 5.56 Å². The zero-order valence-corrected chi connectivity index (χ0v) is 16.7. The summed E-state index contributed by atoms with van der Waals surface area (Å²) < 4.78 is 0. The molecule has 1 atom stereocenters. The van der Waals surface area contributed by atoms with E-state index in [0.29, 0.717) is 17.0 Å². The molecule has 150 valence electrons. The molecule has 3 aromatic rings. The molecule has 6 heteroatoms. The van der Waals surface area contributed by atoms with Gasteiger partial charge in [-0.1, -0.05) is 6.08 Å².